The lowest BCUT2D eigenvalue weighted by Crippen LogP contribution is -2.60. The maximum Gasteiger partial charge on any atom is 0.317 e. The molecule has 0 aliphatic carbocycles. The molecule has 1 aromatic heterocycles. The van der Waals surface area contributed by atoms with Crippen molar-refractivity contribution < 1.29 is 68.7 Å². The van der Waals surface area contributed by atoms with Crippen LogP contribution in [0.4, 0.5) is 0 Å². The van der Waals surface area contributed by atoms with Crippen LogP contribution in [-0.2, 0) is 19.1 Å². The number of aliphatic hydroxyl groups is 3. The van der Waals surface area contributed by atoms with Crippen molar-refractivity contribution in [2.24, 2.45) is 0 Å². The lowest BCUT2D eigenvalue weighted by molar-refractivity contribution is -0.278. The van der Waals surface area contributed by atoms with Gasteiger partial charge in [0.25, 0.3) is 0 Å². The molecule has 40 heavy (non-hydrogen) atoms. The molecule has 1 aliphatic rings. The lowest BCUT2D eigenvalue weighted by Gasteiger charge is -2.39. The van der Waals surface area contributed by atoms with Gasteiger partial charge in [-0.3, -0.25) is 14.4 Å². The van der Waals surface area contributed by atoms with Gasteiger partial charge in [-0.1, -0.05) is 0 Å². The van der Waals surface area contributed by atoms with Crippen LogP contribution in [0.2, 0.25) is 0 Å². The van der Waals surface area contributed by atoms with Crippen LogP contribution in [0.3, 0.4) is 0 Å². The summed E-state index contributed by atoms with van der Waals surface area (Å²) in [6.07, 6.45) is -10.1. The number of methoxy groups -OCH3 is 1. The number of carbonyl (C=O) groups excluding carboxylic acids is 1. The van der Waals surface area contributed by atoms with Crippen molar-refractivity contribution in [3.05, 3.63) is 40.6 Å². The maximum atomic E-state index is 13.5. The Kier molecular flexibility index (Phi) is 8.01. The van der Waals surface area contributed by atoms with E-state index in [4.69, 9.17) is 28.5 Å². The topological polar surface area (TPSA) is 243 Å². The Bertz CT molecular complexity index is 1500. The van der Waals surface area contributed by atoms with E-state index in [-0.39, 0.29) is 28.4 Å². The molecule has 1 saturated heterocycles. The van der Waals surface area contributed by atoms with E-state index in [9.17, 15) is 45.0 Å². The standard InChI is InChI=1S/C25H24O15/c1-36-13-4-9(2-3-11(13)27)23-24(20(33)18-12(28)5-10(26)6-14(18)38-23)40-25-22(35)21(34)19(32)15(39-25)8-37-17(31)7-16(29)30/h2-6,15,19,21-22,25-28,32,34-35H,7-8H2,1H3,(H,29,30)/t15-,19-,21+,22-,25+/m1/s1. The van der Waals surface area contributed by atoms with Gasteiger partial charge in [0.1, 0.15) is 59.9 Å². The zero-order chi connectivity index (χ0) is 29.3. The number of ether oxygens (including phenoxy) is 4. The van der Waals surface area contributed by atoms with Crippen molar-refractivity contribution >= 4 is 22.9 Å². The third-order valence-electron chi connectivity index (χ3n) is 5.97. The number of phenolic OH excluding ortho intramolecular Hbond substituents is 3. The molecule has 15 heteroatoms. The molecule has 1 fully saturated rings. The van der Waals surface area contributed by atoms with Crippen molar-refractivity contribution in [3.63, 3.8) is 0 Å². The van der Waals surface area contributed by atoms with E-state index in [0.717, 1.165) is 12.1 Å². The molecule has 15 nitrogen and oxygen atoms in total. The summed E-state index contributed by atoms with van der Waals surface area (Å²) in [6, 6.07) is 5.74. The normalized spacial score (nSPS) is 22.6. The molecule has 3 aromatic rings. The molecule has 7 N–H and O–H groups in total. The highest BCUT2D eigenvalue weighted by Gasteiger charge is 2.46. The number of phenols is 3. The Hall–Kier alpha value is -4.57. The van der Waals surface area contributed by atoms with Crippen LogP contribution in [0.1, 0.15) is 6.42 Å². The summed E-state index contributed by atoms with van der Waals surface area (Å²) < 4.78 is 26.7. The van der Waals surface area contributed by atoms with E-state index in [1.54, 1.807) is 0 Å². The van der Waals surface area contributed by atoms with E-state index in [1.807, 2.05) is 0 Å². The Labute approximate surface area is 223 Å². The monoisotopic (exact) mass is 564 g/mol. The second-order valence-electron chi connectivity index (χ2n) is 8.70. The number of benzene rings is 2. The molecule has 0 radical (unpaired) electrons. The number of rotatable bonds is 8. The summed E-state index contributed by atoms with van der Waals surface area (Å²) in [4.78, 5) is 35.8. The first kappa shape index (κ1) is 28.4. The third-order valence-corrected chi connectivity index (χ3v) is 5.97. The molecule has 0 saturated carbocycles. The molecular weight excluding hydrogens is 540 g/mol. The van der Waals surface area contributed by atoms with Crippen LogP contribution < -0.4 is 14.9 Å². The predicted octanol–water partition coefficient (Wildman–Crippen LogP) is -0.210. The average molecular weight is 564 g/mol. The van der Waals surface area contributed by atoms with Gasteiger partial charge in [-0.2, -0.15) is 0 Å². The second kappa shape index (κ2) is 11.3. The number of hydrogen-bond acceptors (Lipinski definition) is 14. The molecular formula is C25H24O15. The third kappa shape index (κ3) is 5.57. The number of fused-ring (bicyclic) bond motifs is 1. The molecule has 2 aromatic carbocycles. The number of aliphatic carboxylic acids is 1. The Morgan fingerprint density at radius 3 is 2.38 bits per heavy atom. The highest BCUT2D eigenvalue weighted by Crippen LogP contribution is 2.39. The van der Waals surface area contributed by atoms with Crippen LogP contribution in [0.25, 0.3) is 22.3 Å². The first-order valence-corrected chi connectivity index (χ1v) is 11.5. The molecule has 4 rings (SSSR count). The Balaban J connectivity index is 1.77. The first-order valence-electron chi connectivity index (χ1n) is 11.5. The minimum absolute atomic E-state index is 0.0271. The van der Waals surface area contributed by atoms with E-state index in [1.165, 1.54) is 25.3 Å². The molecule has 0 spiro atoms. The fourth-order valence-electron chi connectivity index (χ4n) is 4.00. The van der Waals surface area contributed by atoms with Crippen molar-refractivity contribution in [2.75, 3.05) is 13.7 Å². The second-order valence-corrected chi connectivity index (χ2v) is 8.70. The maximum absolute atomic E-state index is 13.5. The quantitative estimate of drug-likeness (QED) is 0.138. The van der Waals surface area contributed by atoms with Gasteiger partial charge in [0.15, 0.2) is 17.3 Å². The summed E-state index contributed by atoms with van der Waals surface area (Å²) >= 11 is 0. The van der Waals surface area contributed by atoms with Gasteiger partial charge in [-0.15, -0.1) is 0 Å². The number of carboxylic acid groups (broad SMARTS) is 1. The SMILES string of the molecule is COc1cc(-c2oc3cc(O)cc(O)c3c(=O)c2O[C@@H]2O[C@H](COC(=O)CC(=O)O)[C@@H](O)[C@H](O)[C@H]2O)ccc1O. The van der Waals surface area contributed by atoms with E-state index in [0.29, 0.717) is 0 Å². The summed E-state index contributed by atoms with van der Waals surface area (Å²) in [5.41, 5.74) is -1.17. The van der Waals surface area contributed by atoms with Gasteiger partial charge in [-0.05, 0) is 18.2 Å². The smallest absolute Gasteiger partial charge is 0.317 e. The van der Waals surface area contributed by atoms with Crippen LogP contribution >= 0.6 is 0 Å². The van der Waals surface area contributed by atoms with E-state index in [2.05, 4.69) is 0 Å². The molecule has 1 aliphatic heterocycles. The molecule has 0 unspecified atom stereocenters. The van der Waals surface area contributed by atoms with Gasteiger partial charge < -0.3 is 59.1 Å². The minimum Gasteiger partial charge on any atom is -0.508 e. The zero-order valence-corrected chi connectivity index (χ0v) is 20.6. The minimum atomic E-state index is -1.97. The number of carbonyl (C=O) groups is 2. The number of hydrogen-bond donors (Lipinski definition) is 7. The van der Waals surface area contributed by atoms with Crippen molar-refractivity contribution in [3.8, 4) is 40.1 Å². The summed E-state index contributed by atoms with van der Waals surface area (Å²) in [6.45, 7) is -0.745. The zero-order valence-electron chi connectivity index (χ0n) is 20.6. The number of carboxylic acids is 1. The highest BCUT2D eigenvalue weighted by atomic mass is 16.7. The van der Waals surface area contributed by atoms with Crippen LogP contribution in [0, 0.1) is 0 Å². The van der Waals surface area contributed by atoms with Crippen molar-refractivity contribution in [1.82, 2.24) is 0 Å². The fourth-order valence-corrected chi connectivity index (χ4v) is 4.00. The number of aliphatic hydroxyl groups excluding tert-OH is 3. The Morgan fingerprint density at radius 1 is 0.975 bits per heavy atom. The molecule has 214 valence electrons. The fraction of sp³-hybridized carbons (Fsp3) is 0.320. The molecule has 5 atom stereocenters. The largest absolute Gasteiger partial charge is 0.508 e. The van der Waals surface area contributed by atoms with Gasteiger partial charge in [-0.25, -0.2) is 0 Å². The summed E-state index contributed by atoms with van der Waals surface area (Å²) in [5, 5.41) is 69.7. The average Bonchev–Trinajstić information content (AvgIpc) is 2.89. The number of esters is 1. The molecule has 0 amide bonds. The molecule has 0 bridgehead atoms. The summed E-state index contributed by atoms with van der Waals surface area (Å²) in [7, 11) is 1.27. The van der Waals surface area contributed by atoms with E-state index >= 15 is 0 Å². The predicted molar refractivity (Wildman–Crippen MR) is 130 cm³/mol. The molecule has 2 heterocycles. The van der Waals surface area contributed by atoms with Crippen molar-refractivity contribution in [2.45, 2.75) is 37.1 Å². The number of aromatic hydroxyl groups is 3. The van der Waals surface area contributed by atoms with Crippen LogP contribution in [0.15, 0.2) is 39.5 Å². The first-order chi connectivity index (χ1) is 18.9. The Morgan fingerprint density at radius 2 is 1.70 bits per heavy atom. The van der Waals surface area contributed by atoms with Crippen molar-refractivity contribution in [1.29, 1.82) is 0 Å². The summed E-state index contributed by atoms with van der Waals surface area (Å²) in [5.74, 6) is -5.01. The van der Waals surface area contributed by atoms with E-state index < -0.39 is 83.7 Å². The van der Waals surface area contributed by atoms with Crippen LogP contribution in [0.5, 0.6) is 28.7 Å². The lowest BCUT2D eigenvalue weighted by atomic mass is 9.99. The van der Waals surface area contributed by atoms with Gasteiger partial charge in [0, 0.05) is 17.7 Å². The van der Waals surface area contributed by atoms with Gasteiger partial charge in [0.05, 0.1) is 7.11 Å². The van der Waals surface area contributed by atoms with Crippen LogP contribution in [-0.4, -0.2) is 92.1 Å². The van der Waals surface area contributed by atoms with Gasteiger partial charge in [0.2, 0.25) is 17.5 Å². The van der Waals surface area contributed by atoms with Gasteiger partial charge >= 0.3 is 11.9 Å². The highest BCUT2D eigenvalue weighted by molar-refractivity contribution is 5.90.